The Labute approximate surface area is 126 Å². The van der Waals surface area contributed by atoms with E-state index in [-0.39, 0.29) is 5.56 Å². The van der Waals surface area contributed by atoms with Gasteiger partial charge in [-0.25, -0.2) is 8.78 Å². The van der Waals surface area contributed by atoms with Crippen LogP contribution in [0.15, 0.2) is 57.9 Å². The lowest BCUT2D eigenvalue weighted by Crippen LogP contribution is -2.22. The molecular weight excluding hydrogens is 348 g/mol. The maximum Gasteiger partial charge on any atom is 0.284 e. The van der Waals surface area contributed by atoms with Crippen molar-refractivity contribution in [3.05, 3.63) is 58.6 Å². The fourth-order valence-electron chi connectivity index (χ4n) is 1.71. The van der Waals surface area contributed by atoms with Gasteiger partial charge in [0, 0.05) is 15.7 Å². The van der Waals surface area contributed by atoms with Gasteiger partial charge < -0.3 is 5.73 Å². The summed E-state index contributed by atoms with van der Waals surface area (Å²) < 4.78 is 40.7. The van der Waals surface area contributed by atoms with Gasteiger partial charge in [-0.1, -0.05) is 30.3 Å². The summed E-state index contributed by atoms with van der Waals surface area (Å²) in [7, 11) is -1.83. The average Bonchev–Trinajstić information content (AvgIpc) is 2.39. The molecule has 0 amide bonds. The molecule has 0 aromatic heterocycles. The third-order valence-corrected chi connectivity index (χ3v) is 5.10. The van der Waals surface area contributed by atoms with Gasteiger partial charge >= 0.3 is 0 Å². The predicted molar refractivity (Wildman–Crippen MR) is 80.2 cm³/mol. The van der Waals surface area contributed by atoms with Crippen LogP contribution >= 0.6 is 15.9 Å². The van der Waals surface area contributed by atoms with E-state index in [9.17, 15) is 13.0 Å². The Hall–Kier alpha value is -1.27. The number of benzene rings is 2. The molecule has 2 aromatic rings. The topological polar surface area (TPSA) is 43.1 Å². The predicted octanol–water partition coefficient (Wildman–Crippen LogP) is 3.93. The van der Waals surface area contributed by atoms with Crippen LogP contribution in [0.1, 0.15) is 5.56 Å². The molecule has 2 rings (SSSR count). The van der Waals surface area contributed by atoms with Gasteiger partial charge in [0.2, 0.25) is 0 Å². The Morgan fingerprint density at radius 3 is 2.40 bits per heavy atom. The van der Waals surface area contributed by atoms with E-state index in [1.165, 1.54) is 30.3 Å². The molecule has 0 heterocycles. The zero-order valence-electron chi connectivity index (χ0n) is 10.4. The van der Waals surface area contributed by atoms with E-state index < -0.39 is 22.5 Å². The monoisotopic (exact) mass is 359 g/mol. The highest BCUT2D eigenvalue weighted by molar-refractivity contribution is 9.10. The molecule has 20 heavy (non-hydrogen) atoms. The fourth-order valence-corrected chi connectivity index (χ4v) is 3.80. The van der Waals surface area contributed by atoms with Gasteiger partial charge in [0.05, 0.1) is 21.4 Å². The molecule has 0 saturated heterocycles. The van der Waals surface area contributed by atoms with Crippen molar-refractivity contribution in [2.45, 2.75) is 10.8 Å². The minimum atomic E-state index is -3.15. The Kier molecular flexibility index (Phi) is 4.55. The first-order valence-corrected chi connectivity index (χ1v) is 7.88. The Morgan fingerprint density at radius 1 is 1.15 bits per heavy atom. The van der Waals surface area contributed by atoms with Crippen molar-refractivity contribution >= 4 is 32.4 Å². The summed E-state index contributed by atoms with van der Waals surface area (Å²) in [6, 6.07) is 12.0. The molecule has 0 radical (unpaired) electrons. The van der Waals surface area contributed by atoms with Gasteiger partial charge in [-0.2, -0.15) is 0 Å². The molecule has 0 fully saturated rings. The highest BCUT2D eigenvalue weighted by Gasteiger charge is 2.34. The highest BCUT2D eigenvalue weighted by atomic mass is 79.9. The van der Waals surface area contributed by atoms with Crippen molar-refractivity contribution in [3.8, 4) is 0 Å². The minimum absolute atomic E-state index is 0.139. The molecule has 0 spiro atoms. The van der Waals surface area contributed by atoms with Crippen LogP contribution in [0.3, 0.4) is 0 Å². The van der Waals surface area contributed by atoms with Gasteiger partial charge in [-0.05, 0) is 34.1 Å². The molecule has 0 saturated carbocycles. The quantitative estimate of drug-likeness (QED) is 0.840. The first kappa shape index (κ1) is 15.1. The molecule has 0 aliphatic rings. The van der Waals surface area contributed by atoms with E-state index in [4.69, 9.17) is 5.73 Å². The van der Waals surface area contributed by atoms with E-state index >= 15 is 0 Å². The van der Waals surface area contributed by atoms with Crippen molar-refractivity contribution in [2.24, 2.45) is 0 Å². The molecule has 2 N–H and O–H groups in total. The van der Waals surface area contributed by atoms with Crippen molar-refractivity contribution < 1.29 is 13.0 Å². The maximum atomic E-state index is 14.1. The molecular formula is C14H12BrF2NOS. The second kappa shape index (κ2) is 6.01. The third-order valence-electron chi connectivity index (χ3n) is 2.71. The Morgan fingerprint density at radius 2 is 1.80 bits per heavy atom. The molecule has 0 bridgehead atoms. The molecule has 6 heteroatoms. The molecule has 1 unspecified atom stereocenters. The summed E-state index contributed by atoms with van der Waals surface area (Å²) in [5.74, 6) is -3.91. The number of anilines is 1. The van der Waals surface area contributed by atoms with Crippen LogP contribution in [0.5, 0.6) is 0 Å². The number of hydrogen-bond acceptors (Lipinski definition) is 2. The van der Waals surface area contributed by atoms with E-state index in [2.05, 4.69) is 15.9 Å². The van der Waals surface area contributed by atoms with Crippen LogP contribution in [0.4, 0.5) is 14.5 Å². The highest BCUT2D eigenvalue weighted by Crippen LogP contribution is 2.32. The van der Waals surface area contributed by atoms with Crippen LogP contribution in [-0.2, 0) is 16.7 Å². The summed E-state index contributed by atoms with van der Waals surface area (Å²) >= 11 is 3.19. The molecule has 1 atom stereocenters. The van der Waals surface area contributed by atoms with Gasteiger partial charge in [0.1, 0.15) is 0 Å². The second-order valence-electron chi connectivity index (χ2n) is 4.25. The number of nitrogens with two attached hydrogens (primary N) is 1. The number of alkyl halides is 2. The summed E-state index contributed by atoms with van der Waals surface area (Å²) in [6.45, 7) is 0. The van der Waals surface area contributed by atoms with Crippen molar-refractivity contribution in [1.29, 1.82) is 0 Å². The van der Waals surface area contributed by atoms with Gasteiger partial charge in [-0.3, -0.25) is 4.21 Å². The standard InChI is InChI=1S/C14H12BrF2NOS/c15-12-8-11(18)6-7-13(12)20(19)9-14(16,17)10-4-2-1-3-5-10/h1-8H,9,18H2. The van der Waals surface area contributed by atoms with Crippen LogP contribution < -0.4 is 5.73 Å². The fraction of sp³-hybridized carbons (Fsp3) is 0.143. The largest absolute Gasteiger partial charge is 0.399 e. The van der Waals surface area contributed by atoms with Crippen LogP contribution in [0.2, 0.25) is 0 Å². The molecule has 2 aromatic carbocycles. The zero-order valence-corrected chi connectivity index (χ0v) is 12.8. The summed E-state index contributed by atoms with van der Waals surface area (Å²) in [4.78, 5) is 0.315. The molecule has 0 aliphatic heterocycles. The number of hydrogen-bond donors (Lipinski definition) is 1. The molecule has 2 nitrogen and oxygen atoms in total. The third kappa shape index (κ3) is 3.43. The number of nitrogen functional groups attached to an aromatic ring is 1. The normalized spacial score (nSPS) is 13.2. The van der Waals surface area contributed by atoms with E-state index in [0.717, 1.165) is 0 Å². The lowest BCUT2D eigenvalue weighted by Gasteiger charge is -2.16. The van der Waals surface area contributed by atoms with Gasteiger partial charge in [-0.15, -0.1) is 0 Å². The van der Waals surface area contributed by atoms with E-state index in [1.54, 1.807) is 18.2 Å². The average molecular weight is 360 g/mol. The number of rotatable bonds is 4. The first-order chi connectivity index (χ1) is 9.40. The van der Waals surface area contributed by atoms with Crippen molar-refractivity contribution in [2.75, 3.05) is 11.5 Å². The van der Waals surface area contributed by atoms with Crippen LogP contribution in [-0.4, -0.2) is 9.96 Å². The van der Waals surface area contributed by atoms with Crippen LogP contribution in [0, 0.1) is 0 Å². The van der Waals surface area contributed by atoms with E-state index in [0.29, 0.717) is 15.1 Å². The maximum absolute atomic E-state index is 14.1. The zero-order chi connectivity index (χ0) is 14.8. The van der Waals surface area contributed by atoms with Gasteiger partial charge in [0.15, 0.2) is 0 Å². The Bertz CT molecular complexity index is 634. The van der Waals surface area contributed by atoms with Gasteiger partial charge in [0.25, 0.3) is 5.92 Å². The summed E-state index contributed by atoms with van der Waals surface area (Å²) in [6.07, 6.45) is 0. The smallest absolute Gasteiger partial charge is 0.284 e. The van der Waals surface area contributed by atoms with Crippen LogP contribution in [0.25, 0.3) is 0 Å². The van der Waals surface area contributed by atoms with E-state index in [1.807, 2.05) is 0 Å². The molecule has 0 aliphatic carbocycles. The van der Waals surface area contributed by atoms with Crippen molar-refractivity contribution in [1.82, 2.24) is 0 Å². The summed E-state index contributed by atoms with van der Waals surface area (Å²) in [5, 5.41) is 0. The minimum Gasteiger partial charge on any atom is -0.399 e. The molecule has 106 valence electrons. The summed E-state index contributed by atoms with van der Waals surface area (Å²) in [5.41, 5.74) is 5.91. The first-order valence-electron chi connectivity index (χ1n) is 5.77. The number of halogens is 3. The Balaban J connectivity index is 2.23. The second-order valence-corrected chi connectivity index (χ2v) is 6.52. The lowest BCUT2D eigenvalue weighted by atomic mass is 10.1. The van der Waals surface area contributed by atoms with Crippen molar-refractivity contribution in [3.63, 3.8) is 0 Å². The SMILES string of the molecule is Nc1ccc(S(=O)CC(F)(F)c2ccccc2)c(Br)c1. The lowest BCUT2D eigenvalue weighted by molar-refractivity contribution is 0.0222.